The van der Waals surface area contributed by atoms with Crippen LogP contribution in [-0.4, -0.2) is 81.2 Å². The Morgan fingerprint density at radius 2 is 1.82 bits per heavy atom. The fraction of sp³-hybridized carbons (Fsp3) is 0.565. The number of aromatic hydroxyl groups is 1. The number of aliphatic hydroxyl groups is 1. The van der Waals surface area contributed by atoms with E-state index in [-0.39, 0.29) is 18.1 Å². The number of carboxylic acids is 1. The van der Waals surface area contributed by atoms with E-state index < -0.39 is 54.5 Å². The second-order valence-corrected chi connectivity index (χ2v) is 8.62. The van der Waals surface area contributed by atoms with Gasteiger partial charge in [0.25, 0.3) is 0 Å². The van der Waals surface area contributed by atoms with Gasteiger partial charge in [-0.1, -0.05) is 32.4 Å². The third-order valence-electron chi connectivity index (χ3n) is 6.14. The minimum atomic E-state index is -1.18. The number of rotatable bonds is 11. The molecule has 34 heavy (non-hydrogen) atoms. The van der Waals surface area contributed by atoms with Gasteiger partial charge in [-0.05, 0) is 36.5 Å². The van der Waals surface area contributed by atoms with Gasteiger partial charge in [0.1, 0.15) is 29.9 Å². The third-order valence-corrected chi connectivity index (χ3v) is 6.14. The van der Waals surface area contributed by atoms with Crippen LogP contribution in [0.1, 0.15) is 38.7 Å². The lowest BCUT2D eigenvalue weighted by atomic mass is 9.98. The van der Waals surface area contributed by atoms with Gasteiger partial charge in [0.2, 0.25) is 17.7 Å². The van der Waals surface area contributed by atoms with Crippen LogP contribution in [0.2, 0.25) is 0 Å². The Hall–Kier alpha value is -3.18. The van der Waals surface area contributed by atoms with Crippen LogP contribution in [0.25, 0.3) is 0 Å². The quantitative estimate of drug-likeness (QED) is 0.242. The minimum Gasteiger partial charge on any atom is -0.508 e. The molecule has 1 aromatic carbocycles. The molecule has 0 spiro atoms. The summed E-state index contributed by atoms with van der Waals surface area (Å²) in [5, 5.41) is 33.4. The maximum Gasteiger partial charge on any atom is 0.326 e. The summed E-state index contributed by atoms with van der Waals surface area (Å²) in [5.74, 6) is -3.26. The first-order valence-corrected chi connectivity index (χ1v) is 11.4. The number of benzene rings is 1. The van der Waals surface area contributed by atoms with E-state index in [4.69, 9.17) is 5.73 Å². The molecule has 0 saturated carbocycles. The molecule has 1 heterocycles. The first-order chi connectivity index (χ1) is 16.1. The maximum atomic E-state index is 13.1. The van der Waals surface area contributed by atoms with Crippen LogP contribution in [0.5, 0.6) is 5.75 Å². The van der Waals surface area contributed by atoms with Crippen LogP contribution < -0.4 is 16.4 Å². The molecule has 5 unspecified atom stereocenters. The summed E-state index contributed by atoms with van der Waals surface area (Å²) in [5.41, 5.74) is 6.27. The molecule has 0 bridgehead atoms. The lowest BCUT2D eigenvalue weighted by Gasteiger charge is -2.29. The number of aliphatic carboxylic acids is 1. The molecule has 11 nitrogen and oxygen atoms in total. The van der Waals surface area contributed by atoms with E-state index >= 15 is 0 Å². The molecule has 11 heteroatoms. The van der Waals surface area contributed by atoms with Crippen LogP contribution in [0.3, 0.4) is 0 Å². The topological polar surface area (TPSA) is 182 Å². The Kier molecular flexibility index (Phi) is 9.82. The Bertz CT molecular complexity index is 877. The molecule has 188 valence electrons. The van der Waals surface area contributed by atoms with E-state index in [1.807, 2.05) is 6.92 Å². The molecule has 1 aromatic rings. The number of carboxylic acid groups (broad SMARTS) is 1. The molecule has 2 rings (SSSR count). The number of carbonyl (C=O) groups excluding carboxylic acids is 3. The molecule has 1 saturated heterocycles. The molecule has 1 fully saturated rings. The van der Waals surface area contributed by atoms with Crippen molar-refractivity contribution in [1.82, 2.24) is 15.5 Å². The third kappa shape index (κ3) is 6.91. The normalized spacial score (nSPS) is 19.1. The van der Waals surface area contributed by atoms with Gasteiger partial charge >= 0.3 is 5.97 Å². The highest BCUT2D eigenvalue weighted by molar-refractivity contribution is 5.94. The van der Waals surface area contributed by atoms with Crippen molar-refractivity contribution in [2.24, 2.45) is 11.7 Å². The summed E-state index contributed by atoms with van der Waals surface area (Å²) in [7, 11) is 0. The zero-order chi connectivity index (χ0) is 25.4. The average Bonchev–Trinajstić information content (AvgIpc) is 3.31. The monoisotopic (exact) mass is 478 g/mol. The van der Waals surface area contributed by atoms with Crippen LogP contribution in [-0.2, 0) is 25.6 Å². The lowest BCUT2D eigenvalue weighted by Crippen LogP contribution is -2.58. The summed E-state index contributed by atoms with van der Waals surface area (Å²) in [6.07, 6.45) is 1.50. The Morgan fingerprint density at radius 1 is 1.18 bits per heavy atom. The average molecular weight is 479 g/mol. The van der Waals surface area contributed by atoms with E-state index in [9.17, 15) is 34.5 Å². The largest absolute Gasteiger partial charge is 0.508 e. The predicted molar refractivity (Wildman–Crippen MR) is 123 cm³/mol. The fourth-order valence-electron chi connectivity index (χ4n) is 3.88. The Morgan fingerprint density at radius 3 is 2.38 bits per heavy atom. The number of amides is 3. The number of aliphatic hydroxyl groups excluding tert-OH is 1. The second kappa shape index (κ2) is 12.3. The van der Waals surface area contributed by atoms with Gasteiger partial charge in [-0.2, -0.15) is 0 Å². The Labute approximate surface area is 198 Å². The number of carbonyl (C=O) groups is 4. The van der Waals surface area contributed by atoms with Gasteiger partial charge in [-0.15, -0.1) is 0 Å². The molecular weight excluding hydrogens is 444 g/mol. The molecule has 5 atom stereocenters. The van der Waals surface area contributed by atoms with Crippen LogP contribution in [0, 0.1) is 5.92 Å². The molecule has 0 radical (unpaired) electrons. The van der Waals surface area contributed by atoms with E-state index in [0.717, 1.165) is 0 Å². The molecule has 1 aliphatic heterocycles. The Balaban J connectivity index is 2.23. The second-order valence-electron chi connectivity index (χ2n) is 8.62. The van der Waals surface area contributed by atoms with Crippen molar-refractivity contribution in [3.05, 3.63) is 29.8 Å². The number of nitrogens with zero attached hydrogens (tertiary/aromatic N) is 1. The van der Waals surface area contributed by atoms with Crippen molar-refractivity contribution < 1.29 is 34.5 Å². The summed E-state index contributed by atoms with van der Waals surface area (Å²) >= 11 is 0. The van der Waals surface area contributed by atoms with Gasteiger partial charge in [-0.3, -0.25) is 14.4 Å². The molecule has 3 amide bonds. The standard InChI is InChI=1S/C23H34N4O7/c1-3-13(2)19(23(33)34)26-20(30)17(11-14-6-8-15(29)9-7-14)25-21(31)18-5-4-10-27(18)22(32)16(24)12-28/h6-9,13,16-19,28-29H,3-5,10-12,24H2,1-2H3,(H,25,31)(H,26,30)(H,33,34). The molecule has 0 aromatic heterocycles. The zero-order valence-corrected chi connectivity index (χ0v) is 19.4. The van der Waals surface area contributed by atoms with Crippen molar-refractivity contribution in [3.63, 3.8) is 0 Å². The highest BCUT2D eigenvalue weighted by atomic mass is 16.4. The van der Waals surface area contributed by atoms with Crippen LogP contribution >= 0.6 is 0 Å². The van der Waals surface area contributed by atoms with E-state index in [1.54, 1.807) is 19.1 Å². The highest BCUT2D eigenvalue weighted by Crippen LogP contribution is 2.19. The molecule has 1 aliphatic rings. The highest BCUT2D eigenvalue weighted by Gasteiger charge is 2.38. The van der Waals surface area contributed by atoms with Crippen molar-refractivity contribution >= 4 is 23.7 Å². The zero-order valence-electron chi connectivity index (χ0n) is 19.4. The first kappa shape index (κ1) is 27.1. The molecule has 0 aliphatic carbocycles. The van der Waals surface area contributed by atoms with Crippen molar-refractivity contribution in [3.8, 4) is 5.75 Å². The van der Waals surface area contributed by atoms with E-state index in [1.165, 1.54) is 17.0 Å². The van der Waals surface area contributed by atoms with Gasteiger partial charge in [0, 0.05) is 13.0 Å². The fourth-order valence-corrected chi connectivity index (χ4v) is 3.88. The SMILES string of the molecule is CCC(C)C(NC(=O)C(Cc1ccc(O)cc1)NC(=O)C1CCCN1C(=O)C(N)CO)C(=O)O. The first-order valence-electron chi connectivity index (χ1n) is 11.4. The predicted octanol–water partition coefficient (Wildman–Crippen LogP) is -0.654. The van der Waals surface area contributed by atoms with Crippen LogP contribution in [0.15, 0.2) is 24.3 Å². The molecule has 7 N–H and O–H groups in total. The number of hydrogen-bond donors (Lipinski definition) is 6. The van der Waals surface area contributed by atoms with Gasteiger partial charge in [0.05, 0.1) is 6.61 Å². The van der Waals surface area contributed by atoms with Crippen molar-refractivity contribution in [2.75, 3.05) is 13.2 Å². The minimum absolute atomic E-state index is 0.0387. The number of phenols is 1. The molecular formula is C23H34N4O7. The van der Waals surface area contributed by atoms with Gasteiger partial charge in [0.15, 0.2) is 0 Å². The van der Waals surface area contributed by atoms with Crippen molar-refractivity contribution in [2.45, 2.75) is 63.7 Å². The van der Waals surface area contributed by atoms with Gasteiger partial charge < -0.3 is 36.6 Å². The number of hydrogen-bond acceptors (Lipinski definition) is 7. The van der Waals surface area contributed by atoms with Crippen molar-refractivity contribution in [1.29, 1.82) is 0 Å². The number of likely N-dealkylation sites (tertiary alicyclic amines) is 1. The maximum absolute atomic E-state index is 13.1. The van der Waals surface area contributed by atoms with Crippen LogP contribution in [0.4, 0.5) is 0 Å². The summed E-state index contributed by atoms with van der Waals surface area (Å²) < 4.78 is 0. The van der Waals surface area contributed by atoms with E-state index in [0.29, 0.717) is 31.4 Å². The lowest BCUT2D eigenvalue weighted by molar-refractivity contribution is -0.144. The number of nitrogens with one attached hydrogen (secondary N) is 2. The van der Waals surface area contributed by atoms with Gasteiger partial charge in [-0.25, -0.2) is 4.79 Å². The number of nitrogens with two attached hydrogens (primary N) is 1. The summed E-state index contributed by atoms with van der Waals surface area (Å²) in [4.78, 5) is 51.6. The smallest absolute Gasteiger partial charge is 0.326 e. The summed E-state index contributed by atoms with van der Waals surface area (Å²) in [6, 6.07) is 1.82. The summed E-state index contributed by atoms with van der Waals surface area (Å²) in [6.45, 7) is 3.26. The number of phenolic OH excluding ortho intramolecular Hbond substituents is 1. The van der Waals surface area contributed by atoms with E-state index in [2.05, 4.69) is 10.6 Å².